The first-order valence-electron chi connectivity index (χ1n) is 7.35. The first kappa shape index (κ1) is 15.7. The number of hydrogen-bond acceptors (Lipinski definition) is 6. The normalized spacial score (nSPS) is 10.6. The highest BCUT2D eigenvalue weighted by atomic mass is 16.4. The maximum absolute atomic E-state index is 12.3. The summed E-state index contributed by atoms with van der Waals surface area (Å²) in [5.74, 6) is 0.674. The first-order valence-corrected chi connectivity index (χ1v) is 7.35. The third-order valence-electron chi connectivity index (χ3n) is 3.44. The van der Waals surface area contributed by atoms with E-state index in [0.717, 1.165) is 5.82 Å². The molecule has 0 saturated carbocycles. The number of benzene rings is 1. The monoisotopic (exact) mass is 324 g/mol. The van der Waals surface area contributed by atoms with Gasteiger partial charge in [0.2, 0.25) is 0 Å². The molecule has 1 aromatic carbocycles. The summed E-state index contributed by atoms with van der Waals surface area (Å²) >= 11 is 0. The Morgan fingerprint density at radius 1 is 1.25 bits per heavy atom. The fourth-order valence-electron chi connectivity index (χ4n) is 2.20. The van der Waals surface area contributed by atoms with Crippen LogP contribution in [0.5, 0.6) is 0 Å². The Morgan fingerprint density at radius 2 is 2.04 bits per heavy atom. The van der Waals surface area contributed by atoms with Crippen molar-refractivity contribution in [1.82, 2.24) is 15.3 Å². The van der Waals surface area contributed by atoms with Crippen molar-refractivity contribution in [3.8, 4) is 0 Å². The quantitative estimate of drug-likeness (QED) is 0.733. The SMILES string of the molecule is CN(C)c1ccnc(CNC(=O)c2cc3ccccc3oc2=O)n1. The summed E-state index contributed by atoms with van der Waals surface area (Å²) in [7, 11) is 3.73. The van der Waals surface area contributed by atoms with Gasteiger partial charge in [0.1, 0.15) is 22.8 Å². The largest absolute Gasteiger partial charge is 0.422 e. The van der Waals surface area contributed by atoms with E-state index in [-0.39, 0.29) is 12.1 Å². The molecule has 7 nitrogen and oxygen atoms in total. The summed E-state index contributed by atoms with van der Waals surface area (Å²) in [4.78, 5) is 34.5. The van der Waals surface area contributed by atoms with Gasteiger partial charge in [-0.05, 0) is 18.2 Å². The maximum Gasteiger partial charge on any atom is 0.349 e. The van der Waals surface area contributed by atoms with E-state index in [4.69, 9.17) is 4.42 Å². The number of anilines is 1. The molecule has 0 aliphatic carbocycles. The number of hydrogen-bond donors (Lipinski definition) is 1. The van der Waals surface area contributed by atoms with Gasteiger partial charge in [-0.2, -0.15) is 0 Å². The van der Waals surface area contributed by atoms with Crippen molar-refractivity contribution < 1.29 is 9.21 Å². The van der Waals surface area contributed by atoms with Crippen molar-refractivity contribution in [3.05, 3.63) is 64.4 Å². The van der Waals surface area contributed by atoms with Gasteiger partial charge in [0, 0.05) is 25.7 Å². The Balaban J connectivity index is 1.79. The Hall–Kier alpha value is -3.22. The van der Waals surface area contributed by atoms with Crippen LogP contribution in [0.15, 0.2) is 51.8 Å². The number of amides is 1. The second-order valence-corrected chi connectivity index (χ2v) is 5.39. The number of nitrogens with one attached hydrogen (secondary N) is 1. The van der Waals surface area contributed by atoms with Gasteiger partial charge < -0.3 is 14.6 Å². The van der Waals surface area contributed by atoms with Gasteiger partial charge in [0.05, 0.1) is 6.54 Å². The average molecular weight is 324 g/mol. The van der Waals surface area contributed by atoms with Crippen LogP contribution in [0.2, 0.25) is 0 Å². The molecular formula is C17H16N4O3. The summed E-state index contributed by atoms with van der Waals surface area (Å²) in [6.45, 7) is 0.118. The third kappa shape index (κ3) is 3.24. The molecule has 0 radical (unpaired) electrons. The smallest absolute Gasteiger partial charge is 0.349 e. The molecule has 0 atom stereocenters. The van der Waals surface area contributed by atoms with E-state index < -0.39 is 11.5 Å². The van der Waals surface area contributed by atoms with E-state index in [2.05, 4.69) is 15.3 Å². The molecule has 7 heteroatoms. The van der Waals surface area contributed by atoms with E-state index in [1.807, 2.05) is 25.1 Å². The van der Waals surface area contributed by atoms with Gasteiger partial charge in [-0.25, -0.2) is 14.8 Å². The number of carbonyl (C=O) groups is 1. The number of aromatic nitrogens is 2. The van der Waals surface area contributed by atoms with Crippen LogP contribution in [-0.2, 0) is 6.54 Å². The van der Waals surface area contributed by atoms with Crippen LogP contribution in [0.3, 0.4) is 0 Å². The number of rotatable bonds is 4. The number of nitrogens with zero attached hydrogens (tertiary/aromatic N) is 3. The van der Waals surface area contributed by atoms with Crippen LogP contribution < -0.4 is 15.8 Å². The lowest BCUT2D eigenvalue weighted by molar-refractivity contribution is 0.0946. The summed E-state index contributed by atoms with van der Waals surface area (Å²) in [5, 5.41) is 3.33. The molecule has 122 valence electrons. The topological polar surface area (TPSA) is 88.3 Å². The molecule has 3 aromatic rings. The van der Waals surface area contributed by atoms with Crippen molar-refractivity contribution in [2.24, 2.45) is 0 Å². The van der Waals surface area contributed by atoms with Crippen LogP contribution in [-0.4, -0.2) is 30.0 Å². The molecule has 0 aliphatic heterocycles. The van der Waals surface area contributed by atoms with Crippen LogP contribution >= 0.6 is 0 Å². The summed E-state index contributed by atoms with van der Waals surface area (Å²) < 4.78 is 5.16. The second-order valence-electron chi connectivity index (χ2n) is 5.39. The molecule has 1 amide bonds. The Bertz CT molecular complexity index is 950. The van der Waals surface area contributed by atoms with Gasteiger partial charge >= 0.3 is 5.63 Å². The van der Waals surface area contributed by atoms with E-state index in [0.29, 0.717) is 16.8 Å². The number of para-hydroxylation sites is 1. The Labute approximate surface area is 138 Å². The van der Waals surface area contributed by atoms with E-state index in [9.17, 15) is 9.59 Å². The molecule has 1 N–H and O–H groups in total. The molecule has 0 fully saturated rings. The number of carbonyl (C=O) groups excluding carboxylic acids is 1. The Morgan fingerprint density at radius 3 is 2.83 bits per heavy atom. The molecular weight excluding hydrogens is 308 g/mol. The second kappa shape index (κ2) is 6.49. The standard InChI is InChI=1S/C17H16N4O3/c1-21(2)15-7-8-18-14(20-15)10-19-16(22)12-9-11-5-3-4-6-13(11)24-17(12)23/h3-9H,10H2,1-2H3,(H,19,22). The van der Waals surface area contributed by atoms with Crippen molar-refractivity contribution in [2.75, 3.05) is 19.0 Å². The van der Waals surface area contributed by atoms with Crippen molar-refractivity contribution in [2.45, 2.75) is 6.54 Å². The lowest BCUT2D eigenvalue weighted by Crippen LogP contribution is -2.28. The predicted octanol–water partition coefficient (Wildman–Crippen LogP) is 1.58. The fourth-order valence-corrected chi connectivity index (χ4v) is 2.20. The molecule has 0 aliphatic rings. The molecule has 2 aromatic heterocycles. The van der Waals surface area contributed by atoms with Crippen LogP contribution in [0.25, 0.3) is 11.0 Å². The first-order chi connectivity index (χ1) is 11.5. The fraction of sp³-hybridized carbons (Fsp3) is 0.176. The lowest BCUT2D eigenvalue weighted by atomic mass is 10.2. The Kier molecular flexibility index (Phi) is 4.24. The van der Waals surface area contributed by atoms with Gasteiger partial charge in [0.25, 0.3) is 5.91 Å². The van der Waals surface area contributed by atoms with Gasteiger partial charge in [-0.1, -0.05) is 18.2 Å². The highest BCUT2D eigenvalue weighted by Gasteiger charge is 2.14. The summed E-state index contributed by atoms with van der Waals surface area (Å²) in [6, 6.07) is 10.3. The van der Waals surface area contributed by atoms with Crippen LogP contribution in [0.4, 0.5) is 5.82 Å². The zero-order valence-corrected chi connectivity index (χ0v) is 13.3. The van der Waals surface area contributed by atoms with E-state index in [1.54, 1.807) is 30.5 Å². The summed E-state index contributed by atoms with van der Waals surface area (Å²) in [5.41, 5.74) is -0.271. The minimum atomic E-state index is -0.672. The maximum atomic E-state index is 12.3. The zero-order valence-electron chi connectivity index (χ0n) is 13.3. The molecule has 24 heavy (non-hydrogen) atoms. The molecule has 0 bridgehead atoms. The highest BCUT2D eigenvalue weighted by molar-refractivity contribution is 5.96. The van der Waals surface area contributed by atoms with Crippen molar-refractivity contribution in [1.29, 1.82) is 0 Å². The minimum absolute atomic E-state index is 0.0440. The molecule has 3 rings (SSSR count). The van der Waals surface area contributed by atoms with Crippen molar-refractivity contribution in [3.63, 3.8) is 0 Å². The molecule has 0 unspecified atom stereocenters. The van der Waals surface area contributed by atoms with Crippen molar-refractivity contribution >= 4 is 22.7 Å². The predicted molar refractivity (Wildman–Crippen MR) is 90.0 cm³/mol. The molecule has 2 heterocycles. The van der Waals surface area contributed by atoms with Gasteiger partial charge in [-0.3, -0.25) is 4.79 Å². The third-order valence-corrected chi connectivity index (χ3v) is 3.44. The zero-order chi connectivity index (χ0) is 17.1. The molecule has 0 spiro atoms. The van der Waals surface area contributed by atoms with E-state index in [1.165, 1.54) is 6.07 Å². The van der Waals surface area contributed by atoms with Crippen LogP contribution in [0, 0.1) is 0 Å². The van der Waals surface area contributed by atoms with Gasteiger partial charge in [0.15, 0.2) is 0 Å². The summed E-state index contributed by atoms with van der Waals surface area (Å²) in [6.07, 6.45) is 1.62. The highest BCUT2D eigenvalue weighted by Crippen LogP contribution is 2.12. The number of fused-ring (bicyclic) bond motifs is 1. The average Bonchev–Trinajstić information content (AvgIpc) is 2.59. The minimum Gasteiger partial charge on any atom is -0.422 e. The molecule has 0 saturated heterocycles. The van der Waals surface area contributed by atoms with E-state index >= 15 is 0 Å². The van der Waals surface area contributed by atoms with Crippen LogP contribution in [0.1, 0.15) is 16.2 Å². The van der Waals surface area contributed by atoms with Gasteiger partial charge in [-0.15, -0.1) is 0 Å². The lowest BCUT2D eigenvalue weighted by Gasteiger charge is -2.11.